The maximum absolute atomic E-state index is 12.6. The lowest BCUT2D eigenvalue weighted by Gasteiger charge is -2.30. The highest BCUT2D eigenvalue weighted by molar-refractivity contribution is 7.18. The third-order valence-electron chi connectivity index (χ3n) is 3.97. The van der Waals surface area contributed by atoms with E-state index >= 15 is 0 Å². The maximum Gasteiger partial charge on any atom is 0.267 e. The number of nitrogens with one attached hydrogen (secondary N) is 1. The van der Waals surface area contributed by atoms with Gasteiger partial charge in [-0.25, -0.2) is 4.98 Å². The van der Waals surface area contributed by atoms with Crippen LogP contribution < -0.4 is 21.7 Å². The highest BCUT2D eigenvalue weighted by Gasteiger charge is 2.27. The number of nitrogens with two attached hydrogens (primary N) is 2. The number of aromatic nitrogens is 1. The second kappa shape index (κ2) is 6.17. The number of piperidine rings is 1. The van der Waals surface area contributed by atoms with E-state index in [0.29, 0.717) is 17.2 Å². The normalized spacial score (nSPS) is 23.4. The summed E-state index contributed by atoms with van der Waals surface area (Å²) in [7, 11) is 0. The van der Waals surface area contributed by atoms with Gasteiger partial charge in [0, 0.05) is 45.3 Å². The highest BCUT2D eigenvalue weighted by atomic mass is 32.1. The molecule has 0 bridgehead atoms. The molecule has 116 valence electrons. The minimum Gasteiger partial charge on any atom is -0.382 e. The first kappa shape index (κ1) is 14.6. The van der Waals surface area contributed by atoms with Crippen LogP contribution in [0.15, 0.2) is 0 Å². The zero-order valence-corrected chi connectivity index (χ0v) is 12.9. The molecule has 2 aliphatic rings. The molecule has 1 atom stereocenters. The van der Waals surface area contributed by atoms with Crippen LogP contribution in [0.3, 0.4) is 0 Å². The lowest BCUT2D eigenvalue weighted by molar-refractivity contribution is 0.0714. The van der Waals surface area contributed by atoms with Crippen LogP contribution in [-0.4, -0.2) is 61.1 Å². The summed E-state index contributed by atoms with van der Waals surface area (Å²) in [5.41, 5.74) is 11.9. The van der Waals surface area contributed by atoms with Crippen LogP contribution in [-0.2, 0) is 0 Å². The molecule has 8 heteroatoms. The van der Waals surface area contributed by atoms with E-state index in [2.05, 4.69) is 15.2 Å². The van der Waals surface area contributed by atoms with Crippen LogP contribution in [0.4, 0.5) is 10.9 Å². The molecule has 0 saturated carbocycles. The fourth-order valence-electron chi connectivity index (χ4n) is 2.80. The Morgan fingerprint density at radius 1 is 1.33 bits per heavy atom. The molecule has 7 nitrogen and oxygen atoms in total. The quantitative estimate of drug-likeness (QED) is 0.693. The second-order valence-electron chi connectivity index (χ2n) is 5.60. The van der Waals surface area contributed by atoms with Crippen molar-refractivity contribution in [2.24, 2.45) is 5.73 Å². The summed E-state index contributed by atoms with van der Waals surface area (Å²) in [6, 6.07) is 0.0736. The molecule has 0 aliphatic carbocycles. The molecule has 21 heavy (non-hydrogen) atoms. The van der Waals surface area contributed by atoms with E-state index in [1.165, 1.54) is 11.3 Å². The Hall–Kier alpha value is -1.38. The molecule has 3 heterocycles. The maximum atomic E-state index is 12.6. The van der Waals surface area contributed by atoms with Crippen LogP contribution in [0, 0.1) is 0 Å². The number of likely N-dealkylation sites (tertiary alicyclic amines) is 1. The first-order valence-electron chi connectivity index (χ1n) is 7.42. The SMILES string of the molecule is Nc1nc(N2CCNCC2)sc1C(=O)N1CCCC(N)C1. The van der Waals surface area contributed by atoms with Crippen molar-refractivity contribution in [3.05, 3.63) is 4.88 Å². The number of carbonyl (C=O) groups is 1. The molecular weight excluding hydrogens is 288 g/mol. The van der Waals surface area contributed by atoms with E-state index in [0.717, 1.165) is 50.7 Å². The summed E-state index contributed by atoms with van der Waals surface area (Å²) in [5, 5.41) is 4.15. The molecule has 1 aromatic rings. The molecule has 0 aromatic carbocycles. The van der Waals surface area contributed by atoms with Crippen molar-refractivity contribution in [1.82, 2.24) is 15.2 Å². The van der Waals surface area contributed by atoms with Gasteiger partial charge >= 0.3 is 0 Å². The van der Waals surface area contributed by atoms with Crippen molar-refractivity contribution in [2.45, 2.75) is 18.9 Å². The number of hydrogen-bond donors (Lipinski definition) is 3. The number of nitrogen functional groups attached to an aromatic ring is 1. The molecule has 5 N–H and O–H groups in total. The first-order chi connectivity index (χ1) is 10.1. The summed E-state index contributed by atoms with van der Waals surface area (Å²) in [4.78, 5) is 21.5. The van der Waals surface area contributed by atoms with Gasteiger partial charge in [0.1, 0.15) is 10.7 Å². The molecule has 2 saturated heterocycles. The van der Waals surface area contributed by atoms with Gasteiger partial charge < -0.3 is 26.6 Å². The zero-order valence-electron chi connectivity index (χ0n) is 12.0. The van der Waals surface area contributed by atoms with Crippen molar-refractivity contribution in [3.63, 3.8) is 0 Å². The molecule has 0 radical (unpaired) electrons. The summed E-state index contributed by atoms with van der Waals surface area (Å²) in [6.07, 6.45) is 1.93. The zero-order chi connectivity index (χ0) is 14.8. The van der Waals surface area contributed by atoms with Gasteiger partial charge in [-0.15, -0.1) is 0 Å². The van der Waals surface area contributed by atoms with Crippen molar-refractivity contribution in [2.75, 3.05) is 49.9 Å². The number of nitrogens with zero attached hydrogens (tertiary/aromatic N) is 3. The molecule has 2 fully saturated rings. The van der Waals surface area contributed by atoms with E-state index in [4.69, 9.17) is 11.5 Å². The fraction of sp³-hybridized carbons (Fsp3) is 0.692. The molecule has 1 aromatic heterocycles. The van der Waals surface area contributed by atoms with Gasteiger partial charge in [-0.05, 0) is 12.8 Å². The number of anilines is 2. The van der Waals surface area contributed by atoms with E-state index < -0.39 is 0 Å². The smallest absolute Gasteiger partial charge is 0.267 e. The first-order valence-corrected chi connectivity index (χ1v) is 8.23. The van der Waals surface area contributed by atoms with Crippen molar-refractivity contribution in [3.8, 4) is 0 Å². The number of carbonyl (C=O) groups excluding carboxylic acids is 1. The van der Waals surface area contributed by atoms with Gasteiger partial charge in [0.05, 0.1) is 0 Å². The monoisotopic (exact) mass is 310 g/mol. The Balaban J connectivity index is 1.75. The van der Waals surface area contributed by atoms with Crippen LogP contribution in [0.2, 0.25) is 0 Å². The predicted molar refractivity (Wildman–Crippen MR) is 84.7 cm³/mol. The largest absolute Gasteiger partial charge is 0.382 e. The summed E-state index contributed by atoms with van der Waals surface area (Å²) < 4.78 is 0. The van der Waals surface area contributed by atoms with Gasteiger partial charge in [-0.2, -0.15) is 0 Å². The van der Waals surface area contributed by atoms with Gasteiger partial charge in [0.25, 0.3) is 5.91 Å². The van der Waals surface area contributed by atoms with Crippen LogP contribution in [0.1, 0.15) is 22.5 Å². The second-order valence-corrected chi connectivity index (χ2v) is 6.58. The van der Waals surface area contributed by atoms with Crippen molar-refractivity contribution < 1.29 is 4.79 Å². The molecule has 1 amide bonds. The lowest BCUT2D eigenvalue weighted by Crippen LogP contribution is -2.45. The number of rotatable bonds is 2. The molecule has 1 unspecified atom stereocenters. The van der Waals surface area contributed by atoms with Gasteiger partial charge in [-0.3, -0.25) is 4.79 Å². The van der Waals surface area contributed by atoms with Crippen LogP contribution >= 0.6 is 11.3 Å². The minimum absolute atomic E-state index is 0.0264. The average Bonchev–Trinajstić information content (AvgIpc) is 2.89. The summed E-state index contributed by atoms with van der Waals surface area (Å²) >= 11 is 1.40. The highest BCUT2D eigenvalue weighted by Crippen LogP contribution is 2.30. The molecule has 3 rings (SSSR count). The van der Waals surface area contributed by atoms with E-state index in [1.807, 2.05) is 0 Å². The van der Waals surface area contributed by atoms with Crippen molar-refractivity contribution >= 4 is 28.2 Å². The van der Waals surface area contributed by atoms with Crippen LogP contribution in [0.25, 0.3) is 0 Å². The molecule has 0 spiro atoms. The molecule has 2 aliphatic heterocycles. The van der Waals surface area contributed by atoms with E-state index in [-0.39, 0.29) is 11.9 Å². The number of amides is 1. The molecular formula is C13H22N6OS. The summed E-state index contributed by atoms with van der Waals surface area (Å²) in [6.45, 7) is 5.03. The lowest BCUT2D eigenvalue weighted by atomic mass is 10.1. The summed E-state index contributed by atoms with van der Waals surface area (Å²) in [5.74, 6) is 0.319. The van der Waals surface area contributed by atoms with Gasteiger partial charge in [0.15, 0.2) is 5.13 Å². The third kappa shape index (κ3) is 3.12. The number of piperazine rings is 1. The minimum atomic E-state index is -0.0264. The Kier molecular flexibility index (Phi) is 4.27. The predicted octanol–water partition coefficient (Wildman–Crippen LogP) is -0.302. The van der Waals surface area contributed by atoms with E-state index in [9.17, 15) is 4.79 Å². The van der Waals surface area contributed by atoms with Gasteiger partial charge in [-0.1, -0.05) is 11.3 Å². The standard InChI is InChI=1S/C13H22N6OS/c14-9-2-1-5-19(8-9)12(20)10-11(15)17-13(21-10)18-6-3-16-4-7-18/h9,16H,1-8,14-15H2. The van der Waals surface area contributed by atoms with Crippen LogP contribution in [0.5, 0.6) is 0 Å². The fourth-order valence-corrected chi connectivity index (χ4v) is 3.81. The number of hydrogen-bond acceptors (Lipinski definition) is 7. The van der Waals surface area contributed by atoms with Crippen molar-refractivity contribution in [1.29, 1.82) is 0 Å². The topological polar surface area (TPSA) is 101 Å². The Bertz CT molecular complexity index is 513. The Labute approximate surface area is 128 Å². The third-order valence-corrected chi connectivity index (χ3v) is 5.09. The Morgan fingerprint density at radius 2 is 2.10 bits per heavy atom. The van der Waals surface area contributed by atoms with E-state index in [1.54, 1.807) is 4.90 Å². The Morgan fingerprint density at radius 3 is 2.81 bits per heavy atom. The van der Waals surface area contributed by atoms with Gasteiger partial charge in [0.2, 0.25) is 0 Å². The number of thiazole rings is 1. The average molecular weight is 310 g/mol.